The van der Waals surface area contributed by atoms with Crippen LogP contribution in [0.4, 0.5) is 5.82 Å². The van der Waals surface area contributed by atoms with Crippen molar-refractivity contribution in [2.24, 2.45) is 0 Å². The van der Waals surface area contributed by atoms with Crippen molar-refractivity contribution < 1.29 is 9.90 Å². The highest BCUT2D eigenvalue weighted by atomic mass is 32.2. The second-order valence-electron chi connectivity index (χ2n) is 5.19. The van der Waals surface area contributed by atoms with Crippen LogP contribution < -0.4 is 4.90 Å². The topological polar surface area (TPSA) is 53.4 Å². The van der Waals surface area contributed by atoms with Crippen molar-refractivity contribution in [2.45, 2.75) is 25.5 Å². The van der Waals surface area contributed by atoms with Crippen LogP contribution in [-0.2, 0) is 0 Å². The van der Waals surface area contributed by atoms with E-state index in [2.05, 4.69) is 23.7 Å². The number of carboxylic acids is 1. The number of anilines is 1. The zero-order chi connectivity index (χ0) is 13.3. The van der Waals surface area contributed by atoms with E-state index in [1.807, 2.05) is 18.7 Å². The first kappa shape index (κ1) is 13.2. The van der Waals surface area contributed by atoms with Crippen LogP contribution in [0.25, 0.3) is 0 Å². The Hall–Kier alpha value is -1.23. The summed E-state index contributed by atoms with van der Waals surface area (Å²) < 4.78 is 0.188. The number of aromatic nitrogens is 1. The Morgan fingerprint density at radius 1 is 1.50 bits per heavy atom. The van der Waals surface area contributed by atoms with Crippen LogP contribution in [0.3, 0.4) is 0 Å². The Morgan fingerprint density at radius 3 is 2.83 bits per heavy atom. The summed E-state index contributed by atoms with van der Waals surface area (Å²) in [4.78, 5) is 17.7. The van der Waals surface area contributed by atoms with Crippen LogP contribution in [0.1, 0.15) is 29.9 Å². The number of carbonyl (C=O) groups is 1. The Morgan fingerprint density at radius 2 is 2.22 bits per heavy atom. The molecule has 0 atom stereocenters. The third-order valence-electron chi connectivity index (χ3n) is 2.94. The summed E-state index contributed by atoms with van der Waals surface area (Å²) in [6, 6.07) is 3.27. The smallest absolute Gasteiger partial charge is 0.335 e. The second kappa shape index (κ2) is 4.80. The van der Waals surface area contributed by atoms with Crippen molar-refractivity contribution >= 4 is 23.5 Å². The molecule has 5 heteroatoms. The molecule has 1 aromatic rings. The maximum Gasteiger partial charge on any atom is 0.335 e. The Labute approximate surface area is 111 Å². The number of aryl methyl sites for hydroxylation is 1. The summed E-state index contributed by atoms with van der Waals surface area (Å²) in [5.41, 5.74) is 1.06. The van der Waals surface area contributed by atoms with Crippen LogP contribution in [0.5, 0.6) is 0 Å². The molecule has 1 saturated heterocycles. The van der Waals surface area contributed by atoms with E-state index >= 15 is 0 Å². The summed E-state index contributed by atoms with van der Waals surface area (Å²) in [6.07, 6.45) is 0. The van der Waals surface area contributed by atoms with Crippen molar-refractivity contribution in [1.82, 2.24) is 4.98 Å². The number of rotatable bonds is 2. The van der Waals surface area contributed by atoms with Crippen LogP contribution in [-0.4, -0.2) is 39.6 Å². The van der Waals surface area contributed by atoms with Crippen LogP contribution in [0.15, 0.2) is 12.1 Å². The van der Waals surface area contributed by atoms with E-state index in [1.165, 1.54) is 0 Å². The minimum absolute atomic E-state index is 0.188. The average molecular weight is 266 g/mol. The average Bonchev–Trinajstić information content (AvgIpc) is 2.26. The van der Waals surface area contributed by atoms with Gasteiger partial charge >= 0.3 is 5.97 Å². The molecule has 4 nitrogen and oxygen atoms in total. The molecule has 0 unspecified atom stereocenters. The summed E-state index contributed by atoms with van der Waals surface area (Å²) >= 11 is 1.95. The molecule has 0 amide bonds. The summed E-state index contributed by atoms with van der Waals surface area (Å²) in [7, 11) is 0. The zero-order valence-corrected chi connectivity index (χ0v) is 11.8. The normalized spacial score (nSPS) is 18.7. The largest absolute Gasteiger partial charge is 0.478 e. The molecule has 0 bridgehead atoms. The molecule has 0 aromatic carbocycles. The SMILES string of the molecule is Cc1cc(C(=O)O)cc(N2CCSC(C)(C)C2)n1. The van der Waals surface area contributed by atoms with Gasteiger partial charge in [0, 0.05) is 29.3 Å². The molecule has 1 fully saturated rings. The van der Waals surface area contributed by atoms with Gasteiger partial charge in [-0.25, -0.2) is 9.78 Å². The highest BCUT2D eigenvalue weighted by Gasteiger charge is 2.28. The Kier molecular flexibility index (Phi) is 3.52. The molecule has 2 heterocycles. The highest BCUT2D eigenvalue weighted by Crippen LogP contribution is 2.31. The van der Waals surface area contributed by atoms with Gasteiger partial charge in [-0.15, -0.1) is 0 Å². The van der Waals surface area contributed by atoms with Gasteiger partial charge in [0.15, 0.2) is 0 Å². The van der Waals surface area contributed by atoms with Crippen LogP contribution in [0.2, 0.25) is 0 Å². The molecule has 0 radical (unpaired) electrons. The van der Waals surface area contributed by atoms with E-state index in [-0.39, 0.29) is 4.75 Å². The van der Waals surface area contributed by atoms with Gasteiger partial charge in [0.25, 0.3) is 0 Å². The van der Waals surface area contributed by atoms with Crippen LogP contribution in [0, 0.1) is 6.92 Å². The van der Waals surface area contributed by atoms with E-state index < -0.39 is 5.97 Å². The van der Waals surface area contributed by atoms with Crippen LogP contribution >= 0.6 is 11.8 Å². The molecule has 18 heavy (non-hydrogen) atoms. The molecule has 2 rings (SSSR count). The van der Waals surface area contributed by atoms with Crippen molar-refractivity contribution in [3.05, 3.63) is 23.4 Å². The molecule has 1 aliphatic rings. The first-order valence-corrected chi connectivity index (χ1v) is 6.97. The molecule has 1 aliphatic heterocycles. The maximum atomic E-state index is 11.1. The number of hydrogen-bond donors (Lipinski definition) is 1. The third kappa shape index (κ3) is 2.96. The van der Waals surface area contributed by atoms with E-state index in [1.54, 1.807) is 12.1 Å². The van der Waals surface area contributed by atoms with Crippen molar-refractivity contribution in [3.8, 4) is 0 Å². The second-order valence-corrected chi connectivity index (χ2v) is 6.99. The van der Waals surface area contributed by atoms with Gasteiger partial charge in [-0.3, -0.25) is 0 Å². The molecule has 1 N–H and O–H groups in total. The Balaban J connectivity index is 2.30. The van der Waals surface area contributed by atoms with Gasteiger partial charge in [0.05, 0.1) is 5.56 Å². The number of aromatic carboxylic acids is 1. The minimum atomic E-state index is -0.896. The molecule has 0 spiro atoms. The molecular formula is C13H18N2O2S. The first-order valence-electron chi connectivity index (χ1n) is 5.98. The van der Waals surface area contributed by atoms with Gasteiger partial charge in [0.1, 0.15) is 5.82 Å². The number of nitrogens with zero attached hydrogens (tertiary/aromatic N) is 2. The predicted octanol–water partition coefficient (Wildman–Crippen LogP) is 2.42. The fourth-order valence-corrected chi connectivity index (χ4v) is 3.26. The standard InChI is InChI=1S/C13H18N2O2S/c1-9-6-10(12(16)17)7-11(14-9)15-4-5-18-13(2,3)8-15/h6-7H,4-5,8H2,1-3H3,(H,16,17). The van der Waals surface area contributed by atoms with Gasteiger partial charge in [-0.05, 0) is 32.9 Å². The lowest BCUT2D eigenvalue weighted by Gasteiger charge is -2.38. The van der Waals surface area contributed by atoms with Crippen molar-refractivity contribution in [3.63, 3.8) is 0 Å². The maximum absolute atomic E-state index is 11.1. The fraction of sp³-hybridized carbons (Fsp3) is 0.538. The molecular weight excluding hydrogens is 248 g/mol. The lowest BCUT2D eigenvalue weighted by molar-refractivity contribution is 0.0696. The van der Waals surface area contributed by atoms with E-state index in [0.29, 0.717) is 5.56 Å². The van der Waals surface area contributed by atoms with E-state index in [0.717, 1.165) is 30.4 Å². The zero-order valence-electron chi connectivity index (χ0n) is 10.9. The quantitative estimate of drug-likeness (QED) is 0.891. The van der Waals surface area contributed by atoms with Gasteiger partial charge in [0.2, 0.25) is 0 Å². The summed E-state index contributed by atoms with van der Waals surface area (Å²) in [5, 5.41) is 9.08. The van der Waals surface area contributed by atoms with Crippen molar-refractivity contribution in [1.29, 1.82) is 0 Å². The Bertz CT molecular complexity index is 474. The minimum Gasteiger partial charge on any atom is -0.478 e. The summed E-state index contributed by atoms with van der Waals surface area (Å²) in [6.45, 7) is 8.06. The molecule has 98 valence electrons. The number of hydrogen-bond acceptors (Lipinski definition) is 4. The van der Waals surface area contributed by atoms with Crippen molar-refractivity contribution in [2.75, 3.05) is 23.7 Å². The highest BCUT2D eigenvalue weighted by molar-refractivity contribution is 8.00. The predicted molar refractivity (Wildman–Crippen MR) is 74.7 cm³/mol. The van der Waals surface area contributed by atoms with Gasteiger partial charge in [-0.2, -0.15) is 11.8 Å². The number of thioether (sulfide) groups is 1. The summed E-state index contributed by atoms with van der Waals surface area (Å²) in [5.74, 6) is 0.929. The molecule has 0 saturated carbocycles. The van der Waals surface area contributed by atoms with Gasteiger partial charge in [-0.1, -0.05) is 0 Å². The van der Waals surface area contributed by atoms with E-state index in [9.17, 15) is 4.79 Å². The first-order chi connectivity index (χ1) is 8.37. The lowest BCUT2D eigenvalue weighted by atomic mass is 10.1. The monoisotopic (exact) mass is 266 g/mol. The lowest BCUT2D eigenvalue weighted by Crippen LogP contribution is -2.43. The number of pyridine rings is 1. The van der Waals surface area contributed by atoms with Gasteiger partial charge < -0.3 is 10.0 Å². The molecule has 1 aromatic heterocycles. The fourth-order valence-electron chi connectivity index (χ4n) is 2.15. The third-order valence-corrected chi connectivity index (χ3v) is 4.23. The molecule has 0 aliphatic carbocycles. The van der Waals surface area contributed by atoms with E-state index in [4.69, 9.17) is 5.11 Å². The number of carboxylic acid groups (broad SMARTS) is 1.